The van der Waals surface area contributed by atoms with Crippen molar-refractivity contribution in [3.05, 3.63) is 83.3 Å². The SMILES string of the molecule is [2H]C(c1ccc(-c2ccc3c(cnn3C)c2)cc1Cl)N(C(=O)[C@@H]1C[C@@H]2CC[C@H]1C2)c1cncc(/C=C/C(=O)O)c1. The summed E-state index contributed by atoms with van der Waals surface area (Å²) < 4.78 is 11.1. The minimum atomic E-state index is -1.10. The van der Waals surface area contributed by atoms with Crippen LogP contribution in [0, 0.1) is 17.8 Å². The van der Waals surface area contributed by atoms with Crippen LogP contribution in [-0.4, -0.2) is 31.7 Å². The summed E-state index contributed by atoms with van der Waals surface area (Å²) in [4.78, 5) is 30.9. The molecule has 1 unspecified atom stereocenters. The van der Waals surface area contributed by atoms with Gasteiger partial charge >= 0.3 is 5.97 Å². The Morgan fingerprint density at radius 1 is 1.13 bits per heavy atom. The Hall–Kier alpha value is -3.97. The molecule has 0 spiro atoms. The van der Waals surface area contributed by atoms with Crippen molar-refractivity contribution < 1.29 is 16.1 Å². The number of carbonyl (C=O) groups excluding carboxylic acids is 1. The molecule has 2 heterocycles. The molecule has 198 valence electrons. The summed E-state index contributed by atoms with van der Waals surface area (Å²) in [6.07, 6.45) is 11.5. The molecule has 2 fully saturated rings. The average Bonchev–Trinajstić information content (AvgIpc) is 3.68. The van der Waals surface area contributed by atoms with Crippen LogP contribution in [0.15, 0.2) is 67.1 Å². The van der Waals surface area contributed by atoms with Crippen LogP contribution in [0.2, 0.25) is 5.02 Å². The van der Waals surface area contributed by atoms with Crippen LogP contribution in [-0.2, 0) is 23.2 Å². The molecule has 4 atom stereocenters. The van der Waals surface area contributed by atoms with Gasteiger partial charge in [-0.15, -0.1) is 0 Å². The first-order valence-corrected chi connectivity index (χ1v) is 13.5. The zero-order chi connectivity index (χ0) is 28.0. The first-order chi connectivity index (χ1) is 19.3. The van der Waals surface area contributed by atoms with E-state index in [4.69, 9.17) is 16.7 Å². The Balaban J connectivity index is 1.36. The quantitative estimate of drug-likeness (QED) is 0.275. The average molecular weight is 542 g/mol. The van der Waals surface area contributed by atoms with E-state index in [1.165, 1.54) is 17.2 Å². The highest BCUT2D eigenvalue weighted by molar-refractivity contribution is 6.31. The molecule has 2 bridgehead atoms. The standard InChI is InChI=1S/C31H29ClN4O3/c1-35-29-8-7-21(13-25(29)16-34-35)22-5-6-24(28(32)14-22)18-36(31(39)27-12-19-2-4-23(27)10-19)26-11-20(15-33-17-26)3-9-30(37)38/h3,5-9,11,13-17,19,23,27H,2,4,10,12,18H2,1H3,(H,37,38)/b9-3+/t19-,23+,27-/m1/s1/i18D/t18?,19-,23+,27-. The van der Waals surface area contributed by atoms with Gasteiger partial charge in [0.25, 0.3) is 0 Å². The summed E-state index contributed by atoms with van der Waals surface area (Å²) in [6, 6.07) is 13.3. The Morgan fingerprint density at radius 2 is 1.95 bits per heavy atom. The third-order valence-electron chi connectivity index (χ3n) is 8.08. The number of fused-ring (bicyclic) bond motifs is 3. The third kappa shape index (κ3) is 5.06. The maximum Gasteiger partial charge on any atom is 0.328 e. The Kier molecular flexibility index (Phi) is 6.37. The highest BCUT2D eigenvalue weighted by Gasteiger charge is 2.44. The van der Waals surface area contributed by atoms with Gasteiger partial charge in [-0.05, 0) is 83.7 Å². The normalized spacial score (nSPS) is 21.4. The minimum Gasteiger partial charge on any atom is -0.478 e. The molecule has 0 radical (unpaired) electrons. The van der Waals surface area contributed by atoms with Crippen LogP contribution in [0.1, 0.15) is 38.2 Å². The summed E-state index contributed by atoms with van der Waals surface area (Å²) in [6.45, 7) is -1.10. The second kappa shape index (κ2) is 10.3. The van der Waals surface area contributed by atoms with E-state index in [0.29, 0.717) is 33.7 Å². The predicted molar refractivity (Wildman–Crippen MR) is 152 cm³/mol. The molecule has 4 aromatic rings. The number of hydrogen-bond acceptors (Lipinski definition) is 4. The van der Waals surface area contributed by atoms with E-state index in [2.05, 4.69) is 16.1 Å². The summed E-state index contributed by atoms with van der Waals surface area (Å²) >= 11 is 6.80. The number of hydrogen-bond donors (Lipinski definition) is 1. The van der Waals surface area contributed by atoms with Crippen LogP contribution in [0.25, 0.3) is 28.1 Å². The number of rotatable bonds is 7. The first kappa shape index (κ1) is 24.1. The van der Waals surface area contributed by atoms with Gasteiger partial charge in [0.05, 0.1) is 31.5 Å². The number of pyridine rings is 1. The molecule has 7 nitrogen and oxygen atoms in total. The zero-order valence-electron chi connectivity index (χ0n) is 22.5. The Labute approximate surface area is 233 Å². The third-order valence-corrected chi connectivity index (χ3v) is 8.41. The molecule has 8 heteroatoms. The van der Waals surface area contributed by atoms with E-state index in [1.54, 1.807) is 12.3 Å². The van der Waals surface area contributed by atoms with Crippen molar-refractivity contribution in [2.75, 3.05) is 4.90 Å². The van der Waals surface area contributed by atoms with Crippen LogP contribution in [0.4, 0.5) is 5.69 Å². The lowest BCUT2D eigenvalue weighted by atomic mass is 9.87. The number of carbonyl (C=O) groups is 2. The highest BCUT2D eigenvalue weighted by atomic mass is 35.5. The molecule has 0 aliphatic heterocycles. The smallest absolute Gasteiger partial charge is 0.328 e. The van der Waals surface area contributed by atoms with Crippen LogP contribution in [0.3, 0.4) is 0 Å². The van der Waals surface area contributed by atoms with Gasteiger partial charge in [-0.25, -0.2) is 4.79 Å². The number of aliphatic carboxylic acids is 1. The highest BCUT2D eigenvalue weighted by Crippen LogP contribution is 2.49. The summed E-state index contributed by atoms with van der Waals surface area (Å²) in [7, 11) is 1.90. The van der Waals surface area contributed by atoms with Crippen molar-refractivity contribution in [1.29, 1.82) is 0 Å². The monoisotopic (exact) mass is 541 g/mol. The topological polar surface area (TPSA) is 88.3 Å². The largest absolute Gasteiger partial charge is 0.478 e. The Bertz CT molecular complexity index is 1650. The molecule has 2 aliphatic rings. The lowest BCUT2D eigenvalue weighted by molar-refractivity contribution is -0.131. The lowest BCUT2D eigenvalue weighted by Crippen LogP contribution is -2.38. The van der Waals surface area contributed by atoms with Gasteiger partial charge in [0.2, 0.25) is 5.91 Å². The van der Waals surface area contributed by atoms with Gasteiger partial charge in [-0.2, -0.15) is 5.10 Å². The number of amides is 1. The van der Waals surface area contributed by atoms with Crippen molar-refractivity contribution in [2.45, 2.75) is 32.2 Å². The molecule has 2 aliphatic carbocycles. The number of aryl methyl sites for hydroxylation is 1. The van der Waals surface area contributed by atoms with Crippen molar-refractivity contribution in [3.63, 3.8) is 0 Å². The Morgan fingerprint density at radius 3 is 2.69 bits per heavy atom. The lowest BCUT2D eigenvalue weighted by Gasteiger charge is -2.30. The summed E-state index contributed by atoms with van der Waals surface area (Å²) in [5.41, 5.74) is 4.40. The predicted octanol–water partition coefficient (Wildman–Crippen LogP) is 6.36. The molecule has 2 aromatic heterocycles. The maximum atomic E-state index is 14.1. The first-order valence-electron chi connectivity index (χ1n) is 13.7. The van der Waals surface area contributed by atoms with Gasteiger partial charge in [-0.3, -0.25) is 14.5 Å². The molecular formula is C31H29ClN4O3. The maximum absolute atomic E-state index is 14.1. The van der Waals surface area contributed by atoms with Gasteiger partial charge in [0.1, 0.15) is 0 Å². The van der Waals surface area contributed by atoms with E-state index in [9.17, 15) is 11.0 Å². The van der Waals surface area contributed by atoms with Gasteiger partial charge in [0.15, 0.2) is 0 Å². The minimum absolute atomic E-state index is 0.101. The fourth-order valence-corrected chi connectivity index (χ4v) is 6.35. The zero-order valence-corrected chi connectivity index (χ0v) is 22.3. The molecule has 2 saturated carbocycles. The molecule has 1 amide bonds. The number of carboxylic acids is 1. The molecule has 39 heavy (non-hydrogen) atoms. The molecular weight excluding hydrogens is 512 g/mol. The number of nitrogens with zero attached hydrogens (tertiary/aromatic N) is 4. The van der Waals surface area contributed by atoms with Crippen molar-refractivity contribution >= 4 is 46.1 Å². The number of anilines is 1. The van der Waals surface area contributed by atoms with E-state index in [-0.39, 0.29) is 11.8 Å². The second-order valence-corrected chi connectivity index (χ2v) is 11.0. The van der Waals surface area contributed by atoms with E-state index >= 15 is 0 Å². The molecule has 1 N–H and O–H groups in total. The molecule has 0 saturated heterocycles. The fourth-order valence-electron chi connectivity index (χ4n) is 6.12. The fraction of sp³-hybridized carbons (Fsp3) is 0.290. The van der Waals surface area contributed by atoms with Gasteiger partial charge in [0, 0.05) is 35.6 Å². The number of carboxylic acid groups (broad SMARTS) is 1. The molecule has 6 rings (SSSR count). The van der Waals surface area contributed by atoms with Crippen molar-refractivity contribution in [1.82, 2.24) is 14.8 Å². The summed E-state index contributed by atoms with van der Waals surface area (Å²) in [5, 5.41) is 14.8. The van der Waals surface area contributed by atoms with Crippen molar-refractivity contribution in [3.8, 4) is 11.1 Å². The number of halogens is 1. The summed E-state index contributed by atoms with van der Waals surface area (Å²) in [5.74, 6) is -0.429. The van der Waals surface area contributed by atoms with Gasteiger partial charge < -0.3 is 10.0 Å². The van der Waals surface area contributed by atoms with E-state index in [0.717, 1.165) is 53.8 Å². The number of aromatic nitrogens is 3. The van der Waals surface area contributed by atoms with Crippen LogP contribution < -0.4 is 4.90 Å². The van der Waals surface area contributed by atoms with Crippen LogP contribution in [0.5, 0.6) is 0 Å². The van der Waals surface area contributed by atoms with Crippen molar-refractivity contribution in [2.24, 2.45) is 24.8 Å². The van der Waals surface area contributed by atoms with Crippen LogP contribution >= 0.6 is 11.6 Å². The van der Waals surface area contributed by atoms with E-state index < -0.39 is 12.5 Å². The van der Waals surface area contributed by atoms with Gasteiger partial charge in [-0.1, -0.05) is 36.2 Å². The molecule has 2 aromatic carbocycles. The van der Waals surface area contributed by atoms with E-state index in [1.807, 2.05) is 48.3 Å². The number of benzene rings is 2. The second-order valence-electron chi connectivity index (χ2n) is 10.5.